The number of benzene rings is 2. The highest BCUT2D eigenvalue weighted by molar-refractivity contribution is 5.27. The standard InChI is InChI=1S/C19H24FN/c1-3-12-21-18(13-16-9-5-4-8-15(16)2)14-17-10-6-7-11-19(17)20/h4-11,18,21H,3,12-14H2,1-2H3. The van der Waals surface area contributed by atoms with Gasteiger partial charge in [0.1, 0.15) is 5.82 Å². The van der Waals surface area contributed by atoms with E-state index in [1.165, 1.54) is 11.1 Å². The normalized spacial score (nSPS) is 12.3. The first-order valence-electron chi connectivity index (χ1n) is 7.72. The maximum atomic E-state index is 13.9. The summed E-state index contributed by atoms with van der Waals surface area (Å²) >= 11 is 0. The predicted molar refractivity (Wildman–Crippen MR) is 87.1 cm³/mol. The van der Waals surface area contributed by atoms with Crippen molar-refractivity contribution in [3.8, 4) is 0 Å². The molecule has 0 saturated carbocycles. The number of aryl methyl sites for hydroxylation is 1. The van der Waals surface area contributed by atoms with Gasteiger partial charge >= 0.3 is 0 Å². The Morgan fingerprint density at radius 3 is 2.24 bits per heavy atom. The first-order valence-corrected chi connectivity index (χ1v) is 7.72. The van der Waals surface area contributed by atoms with E-state index in [0.717, 1.165) is 31.4 Å². The summed E-state index contributed by atoms with van der Waals surface area (Å²) in [5.74, 6) is -0.106. The second-order valence-electron chi connectivity index (χ2n) is 5.58. The third kappa shape index (κ3) is 4.68. The van der Waals surface area contributed by atoms with Crippen molar-refractivity contribution < 1.29 is 4.39 Å². The zero-order chi connectivity index (χ0) is 15.1. The minimum atomic E-state index is -0.106. The molecule has 2 aromatic carbocycles. The quantitative estimate of drug-likeness (QED) is 0.800. The monoisotopic (exact) mass is 285 g/mol. The maximum absolute atomic E-state index is 13.9. The lowest BCUT2D eigenvalue weighted by atomic mass is 9.96. The average molecular weight is 285 g/mol. The number of halogens is 1. The van der Waals surface area contributed by atoms with Crippen LogP contribution >= 0.6 is 0 Å². The van der Waals surface area contributed by atoms with Crippen LogP contribution in [0.2, 0.25) is 0 Å². The van der Waals surface area contributed by atoms with Crippen LogP contribution < -0.4 is 5.32 Å². The lowest BCUT2D eigenvalue weighted by Crippen LogP contribution is -2.34. The van der Waals surface area contributed by atoms with Crippen LogP contribution in [-0.2, 0) is 12.8 Å². The molecule has 0 radical (unpaired) electrons. The summed E-state index contributed by atoms with van der Waals surface area (Å²) in [6, 6.07) is 15.8. The molecule has 0 aliphatic rings. The second kappa shape index (κ2) is 7.94. The van der Waals surface area contributed by atoms with Gasteiger partial charge in [-0.15, -0.1) is 0 Å². The van der Waals surface area contributed by atoms with Gasteiger partial charge in [0.25, 0.3) is 0 Å². The van der Waals surface area contributed by atoms with E-state index in [1.54, 1.807) is 12.1 Å². The van der Waals surface area contributed by atoms with E-state index in [4.69, 9.17) is 0 Å². The van der Waals surface area contributed by atoms with Gasteiger partial charge in [-0.2, -0.15) is 0 Å². The SMILES string of the molecule is CCCNC(Cc1ccccc1C)Cc1ccccc1F. The Bertz CT molecular complexity index is 517. The van der Waals surface area contributed by atoms with Crippen molar-refractivity contribution in [1.29, 1.82) is 0 Å². The van der Waals surface area contributed by atoms with Crippen molar-refractivity contribution >= 4 is 0 Å². The van der Waals surface area contributed by atoms with Crippen LogP contribution in [0.25, 0.3) is 0 Å². The van der Waals surface area contributed by atoms with Crippen LogP contribution in [0.1, 0.15) is 30.0 Å². The maximum Gasteiger partial charge on any atom is 0.126 e. The Morgan fingerprint density at radius 2 is 1.57 bits per heavy atom. The topological polar surface area (TPSA) is 12.0 Å². The molecule has 0 saturated heterocycles. The Morgan fingerprint density at radius 1 is 0.952 bits per heavy atom. The van der Waals surface area contributed by atoms with Crippen molar-refractivity contribution in [3.05, 3.63) is 71.0 Å². The molecule has 112 valence electrons. The highest BCUT2D eigenvalue weighted by Crippen LogP contribution is 2.15. The van der Waals surface area contributed by atoms with Gasteiger partial charge in [0.2, 0.25) is 0 Å². The van der Waals surface area contributed by atoms with Gasteiger partial charge in [0.15, 0.2) is 0 Å². The van der Waals surface area contributed by atoms with Gasteiger partial charge in [-0.25, -0.2) is 4.39 Å². The minimum Gasteiger partial charge on any atom is -0.313 e. The summed E-state index contributed by atoms with van der Waals surface area (Å²) in [5.41, 5.74) is 3.43. The number of nitrogens with one attached hydrogen (secondary N) is 1. The van der Waals surface area contributed by atoms with E-state index >= 15 is 0 Å². The van der Waals surface area contributed by atoms with Crippen LogP contribution in [0, 0.1) is 12.7 Å². The third-order valence-electron chi connectivity index (χ3n) is 3.83. The Hall–Kier alpha value is -1.67. The van der Waals surface area contributed by atoms with Crippen molar-refractivity contribution in [3.63, 3.8) is 0 Å². The lowest BCUT2D eigenvalue weighted by molar-refractivity contribution is 0.491. The van der Waals surface area contributed by atoms with E-state index in [0.29, 0.717) is 0 Å². The molecule has 0 aliphatic heterocycles. The molecular formula is C19H24FN. The van der Waals surface area contributed by atoms with E-state index in [-0.39, 0.29) is 11.9 Å². The summed E-state index contributed by atoms with van der Waals surface area (Å²) in [7, 11) is 0. The fourth-order valence-electron chi connectivity index (χ4n) is 2.60. The molecule has 2 aromatic rings. The Labute approximate surface area is 127 Å². The molecule has 0 amide bonds. The average Bonchev–Trinajstić information content (AvgIpc) is 2.49. The molecule has 0 bridgehead atoms. The highest BCUT2D eigenvalue weighted by atomic mass is 19.1. The second-order valence-corrected chi connectivity index (χ2v) is 5.58. The van der Waals surface area contributed by atoms with Crippen LogP contribution in [0.15, 0.2) is 48.5 Å². The van der Waals surface area contributed by atoms with Gasteiger partial charge < -0.3 is 5.32 Å². The summed E-state index contributed by atoms with van der Waals surface area (Å²) in [6.07, 6.45) is 2.74. The molecule has 1 N–H and O–H groups in total. The summed E-state index contributed by atoms with van der Waals surface area (Å²) in [5, 5.41) is 3.55. The van der Waals surface area contributed by atoms with Crippen molar-refractivity contribution in [2.45, 2.75) is 39.2 Å². The van der Waals surface area contributed by atoms with Gasteiger partial charge in [-0.05, 0) is 55.5 Å². The Balaban J connectivity index is 2.11. The zero-order valence-corrected chi connectivity index (χ0v) is 12.9. The minimum absolute atomic E-state index is 0.106. The molecule has 2 rings (SSSR count). The molecule has 21 heavy (non-hydrogen) atoms. The van der Waals surface area contributed by atoms with Crippen molar-refractivity contribution in [2.24, 2.45) is 0 Å². The number of rotatable bonds is 7. The van der Waals surface area contributed by atoms with E-state index < -0.39 is 0 Å². The third-order valence-corrected chi connectivity index (χ3v) is 3.83. The lowest BCUT2D eigenvalue weighted by Gasteiger charge is -2.20. The summed E-state index contributed by atoms with van der Waals surface area (Å²) < 4.78 is 13.9. The van der Waals surface area contributed by atoms with Gasteiger partial charge in [0, 0.05) is 6.04 Å². The zero-order valence-electron chi connectivity index (χ0n) is 12.9. The van der Waals surface area contributed by atoms with E-state index in [9.17, 15) is 4.39 Å². The summed E-state index contributed by atoms with van der Waals surface area (Å²) in [4.78, 5) is 0. The van der Waals surface area contributed by atoms with Crippen LogP contribution in [-0.4, -0.2) is 12.6 Å². The van der Waals surface area contributed by atoms with Crippen molar-refractivity contribution in [1.82, 2.24) is 5.32 Å². The van der Waals surface area contributed by atoms with Crippen LogP contribution in [0.4, 0.5) is 4.39 Å². The van der Waals surface area contributed by atoms with Gasteiger partial charge in [-0.1, -0.05) is 49.4 Å². The smallest absolute Gasteiger partial charge is 0.126 e. The molecule has 0 aromatic heterocycles. The van der Waals surface area contributed by atoms with E-state index in [1.807, 2.05) is 12.1 Å². The number of hydrogen-bond donors (Lipinski definition) is 1. The molecule has 0 heterocycles. The first-order chi connectivity index (χ1) is 10.2. The molecular weight excluding hydrogens is 261 g/mol. The largest absolute Gasteiger partial charge is 0.313 e. The predicted octanol–water partition coefficient (Wildman–Crippen LogP) is 4.29. The van der Waals surface area contributed by atoms with Crippen LogP contribution in [0.3, 0.4) is 0 Å². The molecule has 2 heteroatoms. The molecule has 1 nitrogen and oxygen atoms in total. The Kier molecular flexibility index (Phi) is 5.94. The molecule has 1 unspecified atom stereocenters. The van der Waals surface area contributed by atoms with Gasteiger partial charge in [0.05, 0.1) is 0 Å². The fourth-order valence-corrected chi connectivity index (χ4v) is 2.60. The first kappa shape index (κ1) is 15.7. The highest BCUT2D eigenvalue weighted by Gasteiger charge is 2.13. The fraction of sp³-hybridized carbons (Fsp3) is 0.368. The van der Waals surface area contributed by atoms with Crippen molar-refractivity contribution in [2.75, 3.05) is 6.54 Å². The molecule has 0 spiro atoms. The van der Waals surface area contributed by atoms with E-state index in [2.05, 4.69) is 43.4 Å². The molecule has 1 atom stereocenters. The van der Waals surface area contributed by atoms with Gasteiger partial charge in [-0.3, -0.25) is 0 Å². The molecule has 0 aliphatic carbocycles. The molecule has 0 fully saturated rings. The van der Waals surface area contributed by atoms with Crippen LogP contribution in [0.5, 0.6) is 0 Å². The summed E-state index contributed by atoms with van der Waals surface area (Å²) in [6.45, 7) is 5.25. The number of hydrogen-bond acceptors (Lipinski definition) is 1.